The number of likely N-dealkylation sites (tertiary alicyclic amines) is 1. The van der Waals surface area contributed by atoms with Crippen molar-refractivity contribution in [3.8, 4) is 0 Å². The molecule has 1 aliphatic carbocycles. The molecule has 2 fully saturated rings. The third-order valence-corrected chi connectivity index (χ3v) is 4.13. The SMILES string of the molecule is CC(CNCCN1CCC(N)CC1)C1CC1. The summed E-state index contributed by atoms with van der Waals surface area (Å²) in [6, 6.07) is 0.457. The van der Waals surface area contributed by atoms with Gasteiger partial charge in [-0.3, -0.25) is 0 Å². The van der Waals surface area contributed by atoms with Crippen molar-refractivity contribution in [3.63, 3.8) is 0 Å². The summed E-state index contributed by atoms with van der Waals surface area (Å²) in [5.41, 5.74) is 5.89. The van der Waals surface area contributed by atoms with E-state index in [1.807, 2.05) is 0 Å². The third-order valence-electron chi connectivity index (χ3n) is 4.13. The van der Waals surface area contributed by atoms with Crippen LogP contribution in [0.25, 0.3) is 0 Å². The Labute approximate surface area is 99.8 Å². The molecular formula is C13H27N3. The van der Waals surface area contributed by atoms with Crippen LogP contribution in [-0.2, 0) is 0 Å². The van der Waals surface area contributed by atoms with Crippen LogP contribution in [0.15, 0.2) is 0 Å². The maximum Gasteiger partial charge on any atom is 0.0107 e. The second-order valence-electron chi connectivity index (χ2n) is 5.70. The van der Waals surface area contributed by atoms with Crippen LogP contribution in [0.2, 0.25) is 0 Å². The normalized spacial score (nSPS) is 25.9. The lowest BCUT2D eigenvalue weighted by atomic mass is 10.1. The van der Waals surface area contributed by atoms with Gasteiger partial charge in [0.25, 0.3) is 0 Å². The van der Waals surface area contributed by atoms with Gasteiger partial charge in [-0.25, -0.2) is 0 Å². The van der Waals surface area contributed by atoms with Crippen molar-refractivity contribution in [2.24, 2.45) is 17.6 Å². The zero-order valence-electron chi connectivity index (χ0n) is 10.6. The molecule has 1 heterocycles. The lowest BCUT2D eigenvalue weighted by Crippen LogP contribution is -2.42. The van der Waals surface area contributed by atoms with Crippen molar-refractivity contribution in [1.29, 1.82) is 0 Å². The van der Waals surface area contributed by atoms with Crippen molar-refractivity contribution >= 4 is 0 Å². The van der Waals surface area contributed by atoms with Crippen molar-refractivity contribution in [2.75, 3.05) is 32.7 Å². The van der Waals surface area contributed by atoms with Crippen LogP contribution in [0.4, 0.5) is 0 Å². The molecular weight excluding hydrogens is 198 g/mol. The van der Waals surface area contributed by atoms with Gasteiger partial charge >= 0.3 is 0 Å². The summed E-state index contributed by atoms with van der Waals surface area (Å²) >= 11 is 0. The average molecular weight is 225 g/mol. The molecule has 2 aliphatic rings. The summed E-state index contributed by atoms with van der Waals surface area (Å²) in [5.74, 6) is 1.91. The summed E-state index contributed by atoms with van der Waals surface area (Å²) in [5, 5.41) is 3.59. The van der Waals surface area contributed by atoms with E-state index in [2.05, 4.69) is 17.1 Å². The fraction of sp³-hybridized carbons (Fsp3) is 1.00. The smallest absolute Gasteiger partial charge is 0.0107 e. The molecule has 0 radical (unpaired) electrons. The van der Waals surface area contributed by atoms with Gasteiger partial charge in [-0.15, -0.1) is 0 Å². The average Bonchev–Trinajstić information content (AvgIpc) is 3.10. The van der Waals surface area contributed by atoms with Crippen molar-refractivity contribution in [1.82, 2.24) is 10.2 Å². The van der Waals surface area contributed by atoms with Crippen molar-refractivity contribution in [3.05, 3.63) is 0 Å². The molecule has 1 saturated heterocycles. The van der Waals surface area contributed by atoms with E-state index in [1.54, 1.807) is 0 Å². The van der Waals surface area contributed by atoms with Crippen molar-refractivity contribution < 1.29 is 0 Å². The highest BCUT2D eigenvalue weighted by molar-refractivity contribution is 4.80. The lowest BCUT2D eigenvalue weighted by Gasteiger charge is -2.30. The van der Waals surface area contributed by atoms with E-state index >= 15 is 0 Å². The number of nitrogens with zero attached hydrogens (tertiary/aromatic N) is 1. The molecule has 16 heavy (non-hydrogen) atoms. The fourth-order valence-electron chi connectivity index (χ4n) is 2.58. The summed E-state index contributed by atoms with van der Waals surface area (Å²) in [7, 11) is 0. The Balaban J connectivity index is 1.47. The second-order valence-corrected chi connectivity index (χ2v) is 5.70. The minimum Gasteiger partial charge on any atom is -0.328 e. The first-order valence-corrected chi connectivity index (χ1v) is 6.94. The molecule has 0 aromatic heterocycles. The Hall–Kier alpha value is -0.120. The quantitative estimate of drug-likeness (QED) is 0.664. The number of piperidine rings is 1. The van der Waals surface area contributed by atoms with Gasteiger partial charge in [-0.2, -0.15) is 0 Å². The number of nitrogens with two attached hydrogens (primary N) is 1. The minimum absolute atomic E-state index is 0.457. The van der Waals surface area contributed by atoms with Gasteiger partial charge in [0.05, 0.1) is 0 Å². The molecule has 0 spiro atoms. The first-order valence-electron chi connectivity index (χ1n) is 6.94. The Morgan fingerprint density at radius 2 is 1.94 bits per heavy atom. The molecule has 94 valence electrons. The van der Waals surface area contributed by atoms with Crippen LogP contribution in [0, 0.1) is 11.8 Å². The van der Waals surface area contributed by atoms with E-state index in [4.69, 9.17) is 5.73 Å². The first kappa shape index (κ1) is 12.3. The highest BCUT2D eigenvalue weighted by Crippen LogP contribution is 2.35. The third kappa shape index (κ3) is 4.04. The molecule has 3 heteroatoms. The van der Waals surface area contributed by atoms with Gasteiger partial charge in [0.15, 0.2) is 0 Å². The number of nitrogens with one attached hydrogen (secondary N) is 1. The molecule has 3 N–H and O–H groups in total. The summed E-state index contributed by atoms with van der Waals surface area (Å²) < 4.78 is 0. The van der Waals surface area contributed by atoms with Crippen LogP contribution in [0.3, 0.4) is 0 Å². The zero-order chi connectivity index (χ0) is 11.4. The molecule has 0 bridgehead atoms. The predicted octanol–water partition coefficient (Wildman–Crippen LogP) is 1.05. The van der Waals surface area contributed by atoms with Crippen LogP contribution >= 0.6 is 0 Å². The lowest BCUT2D eigenvalue weighted by molar-refractivity contribution is 0.212. The Morgan fingerprint density at radius 1 is 1.25 bits per heavy atom. The van der Waals surface area contributed by atoms with Crippen LogP contribution in [0.1, 0.15) is 32.6 Å². The molecule has 1 saturated carbocycles. The maximum atomic E-state index is 5.89. The van der Waals surface area contributed by atoms with E-state index < -0.39 is 0 Å². The van der Waals surface area contributed by atoms with E-state index in [9.17, 15) is 0 Å². The van der Waals surface area contributed by atoms with Gasteiger partial charge in [0, 0.05) is 19.1 Å². The van der Waals surface area contributed by atoms with Gasteiger partial charge in [0.2, 0.25) is 0 Å². The maximum absolute atomic E-state index is 5.89. The highest BCUT2D eigenvalue weighted by atomic mass is 15.1. The standard InChI is InChI=1S/C13H27N3/c1-11(12-2-3-12)10-15-6-9-16-7-4-13(14)5-8-16/h11-13,15H,2-10,14H2,1H3. The zero-order valence-corrected chi connectivity index (χ0v) is 10.6. The highest BCUT2D eigenvalue weighted by Gasteiger charge is 2.27. The number of rotatable bonds is 6. The van der Waals surface area contributed by atoms with E-state index in [0.717, 1.165) is 18.4 Å². The largest absolute Gasteiger partial charge is 0.328 e. The molecule has 0 aromatic rings. The Morgan fingerprint density at radius 3 is 2.56 bits per heavy atom. The molecule has 1 atom stereocenters. The summed E-state index contributed by atoms with van der Waals surface area (Å²) in [6.07, 6.45) is 5.29. The van der Waals surface area contributed by atoms with Crippen LogP contribution < -0.4 is 11.1 Å². The molecule has 3 nitrogen and oxygen atoms in total. The Bertz CT molecular complexity index is 195. The number of hydrogen-bond acceptors (Lipinski definition) is 3. The summed E-state index contributed by atoms with van der Waals surface area (Å²) in [6.45, 7) is 8.32. The van der Waals surface area contributed by atoms with Crippen LogP contribution in [-0.4, -0.2) is 43.7 Å². The van der Waals surface area contributed by atoms with E-state index in [-0.39, 0.29) is 0 Å². The Kier molecular flexibility index (Phi) is 4.62. The van der Waals surface area contributed by atoms with Gasteiger partial charge in [-0.05, 0) is 57.2 Å². The van der Waals surface area contributed by atoms with Gasteiger partial charge < -0.3 is 16.0 Å². The van der Waals surface area contributed by atoms with E-state index in [0.29, 0.717) is 6.04 Å². The topological polar surface area (TPSA) is 41.3 Å². The molecule has 2 rings (SSSR count). The van der Waals surface area contributed by atoms with E-state index in [1.165, 1.54) is 51.9 Å². The molecule has 1 aliphatic heterocycles. The van der Waals surface area contributed by atoms with Gasteiger partial charge in [-0.1, -0.05) is 6.92 Å². The van der Waals surface area contributed by atoms with Crippen LogP contribution in [0.5, 0.6) is 0 Å². The van der Waals surface area contributed by atoms with Crippen molar-refractivity contribution in [2.45, 2.75) is 38.6 Å². The molecule has 1 unspecified atom stereocenters. The number of hydrogen-bond donors (Lipinski definition) is 2. The van der Waals surface area contributed by atoms with Gasteiger partial charge in [0.1, 0.15) is 0 Å². The second kappa shape index (κ2) is 5.99. The summed E-state index contributed by atoms with van der Waals surface area (Å²) in [4.78, 5) is 2.54. The fourth-order valence-corrected chi connectivity index (χ4v) is 2.58. The monoisotopic (exact) mass is 225 g/mol. The first-order chi connectivity index (χ1) is 7.75. The predicted molar refractivity (Wildman–Crippen MR) is 68.4 cm³/mol. The molecule has 0 aromatic carbocycles. The minimum atomic E-state index is 0.457. The molecule has 0 amide bonds.